The Hall–Kier alpha value is -2.34. The van der Waals surface area contributed by atoms with Crippen molar-refractivity contribution in [2.75, 3.05) is 0 Å². The van der Waals surface area contributed by atoms with Crippen molar-refractivity contribution in [3.8, 4) is 11.1 Å². The molecule has 0 saturated heterocycles. The molecule has 0 spiro atoms. The molecule has 132 valence electrons. The molecule has 4 rings (SSSR count). The van der Waals surface area contributed by atoms with Crippen molar-refractivity contribution in [1.29, 1.82) is 0 Å². The normalized spacial score (nSPS) is 15.1. The third kappa shape index (κ3) is 4.25. The summed E-state index contributed by atoms with van der Waals surface area (Å²) in [5.41, 5.74) is 7.02. The Kier molecular flexibility index (Phi) is 5.50. The molecule has 0 amide bonds. The van der Waals surface area contributed by atoms with Gasteiger partial charge >= 0.3 is 0 Å². The molecular formula is C26H28. The highest BCUT2D eigenvalue weighted by Gasteiger charge is 2.15. The van der Waals surface area contributed by atoms with Crippen LogP contribution in [0.5, 0.6) is 0 Å². The third-order valence-electron chi connectivity index (χ3n) is 5.82. The Morgan fingerprint density at radius 3 is 1.69 bits per heavy atom. The van der Waals surface area contributed by atoms with Crippen molar-refractivity contribution in [2.45, 2.75) is 50.9 Å². The summed E-state index contributed by atoms with van der Waals surface area (Å²) in [7, 11) is 0. The molecule has 1 aliphatic rings. The minimum Gasteiger partial charge on any atom is -0.0622 e. The summed E-state index contributed by atoms with van der Waals surface area (Å²) in [6, 6.07) is 29.2. The van der Waals surface area contributed by atoms with Gasteiger partial charge in [-0.1, -0.05) is 98.1 Å². The lowest BCUT2D eigenvalue weighted by molar-refractivity contribution is 0.443. The summed E-state index contributed by atoms with van der Waals surface area (Å²) < 4.78 is 0. The standard InChI is InChI=1S/C26H28/c1-3-7-21(8-4-1)11-12-22-13-15-24(16-14-22)26-19-17-25(18-20-26)23-9-5-2-6-10-23/h1,3-4,7-8,13-20,23H,2,5-6,9-12H2. The van der Waals surface area contributed by atoms with E-state index in [-0.39, 0.29) is 0 Å². The van der Waals surface area contributed by atoms with Crippen LogP contribution < -0.4 is 0 Å². The zero-order valence-corrected chi connectivity index (χ0v) is 15.5. The maximum atomic E-state index is 2.36. The van der Waals surface area contributed by atoms with E-state index >= 15 is 0 Å². The lowest BCUT2D eigenvalue weighted by atomic mass is 9.83. The van der Waals surface area contributed by atoms with E-state index in [0.29, 0.717) is 0 Å². The number of hydrogen-bond acceptors (Lipinski definition) is 0. The van der Waals surface area contributed by atoms with Gasteiger partial charge in [0.1, 0.15) is 0 Å². The molecule has 0 aliphatic heterocycles. The molecule has 26 heavy (non-hydrogen) atoms. The van der Waals surface area contributed by atoms with Crippen molar-refractivity contribution in [3.05, 3.63) is 95.6 Å². The van der Waals surface area contributed by atoms with Gasteiger partial charge in [0.25, 0.3) is 0 Å². The molecule has 0 bridgehead atoms. The summed E-state index contributed by atoms with van der Waals surface area (Å²) in [4.78, 5) is 0. The summed E-state index contributed by atoms with van der Waals surface area (Å²) in [5, 5.41) is 0. The molecule has 0 radical (unpaired) electrons. The van der Waals surface area contributed by atoms with Crippen LogP contribution >= 0.6 is 0 Å². The second-order valence-electron chi connectivity index (χ2n) is 7.64. The van der Waals surface area contributed by atoms with Crippen molar-refractivity contribution in [2.24, 2.45) is 0 Å². The fraction of sp³-hybridized carbons (Fsp3) is 0.308. The summed E-state index contributed by atoms with van der Waals surface area (Å²) >= 11 is 0. The summed E-state index contributed by atoms with van der Waals surface area (Å²) in [6.45, 7) is 0. The van der Waals surface area contributed by atoms with Crippen molar-refractivity contribution >= 4 is 0 Å². The van der Waals surface area contributed by atoms with Crippen LogP contribution in [0.25, 0.3) is 11.1 Å². The molecule has 3 aromatic rings. The predicted molar refractivity (Wildman–Crippen MR) is 112 cm³/mol. The Morgan fingerprint density at radius 1 is 0.538 bits per heavy atom. The Balaban J connectivity index is 1.40. The summed E-state index contributed by atoms with van der Waals surface area (Å²) in [5.74, 6) is 0.790. The maximum Gasteiger partial charge on any atom is -0.0162 e. The van der Waals surface area contributed by atoms with Gasteiger partial charge in [-0.25, -0.2) is 0 Å². The minimum absolute atomic E-state index is 0.790. The van der Waals surface area contributed by atoms with Crippen LogP contribution in [0.3, 0.4) is 0 Å². The average molecular weight is 341 g/mol. The van der Waals surface area contributed by atoms with Crippen LogP contribution in [0.1, 0.15) is 54.7 Å². The van der Waals surface area contributed by atoms with Crippen LogP contribution in [0.15, 0.2) is 78.9 Å². The first-order chi connectivity index (χ1) is 12.9. The van der Waals surface area contributed by atoms with Crippen LogP contribution in [0.4, 0.5) is 0 Å². The maximum absolute atomic E-state index is 2.36. The van der Waals surface area contributed by atoms with Gasteiger partial charge in [-0.05, 0) is 59.4 Å². The SMILES string of the molecule is c1ccc(CCc2ccc(-c3ccc(C4CCCCC4)cc3)cc2)cc1. The molecule has 0 aromatic heterocycles. The first-order valence-electron chi connectivity index (χ1n) is 10.1. The van der Waals surface area contributed by atoms with Gasteiger partial charge < -0.3 is 0 Å². The molecule has 1 aliphatic carbocycles. The minimum atomic E-state index is 0.790. The monoisotopic (exact) mass is 340 g/mol. The predicted octanol–water partition coefficient (Wildman–Crippen LogP) is 7.19. The topological polar surface area (TPSA) is 0 Å². The second-order valence-corrected chi connectivity index (χ2v) is 7.64. The van der Waals surface area contributed by atoms with Crippen molar-refractivity contribution in [1.82, 2.24) is 0 Å². The Bertz CT molecular complexity index is 791. The smallest absolute Gasteiger partial charge is 0.0162 e. The average Bonchev–Trinajstić information content (AvgIpc) is 2.74. The molecule has 0 unspecified atom stereocenters. The van der Waals surface area contributed by atoms with E-state index in [1.54, 1.807) is 0 Å². The van der Waals surface area contributed by atoms with E-state index in [1.165, 1.54) is 59.9 Å². The molecule has 0 heteroatoms. The second kappa shape index (κ2) is 8.36. The van der Waals surface area contributed by atoms with Crippen LogP contribution in [0.2, 0.25) is 0 Å². The lowest BCUT2D eigenvalue weighted by Crippen LogP contribution is -2.04. The Morgan fingerprint density at radius 2 is 1.08 bits per heavy atom. The highest BCUT2D eigenvalue weighted by Crippen LogP contribution is 2.33. The molecule has 0 N–H and O–H groups in total. The van der Waals surface area contributed by atoms with Gasteiger partial charge in [-0.2, -0.15) is 0 Å². The summed E-state index contributed by atoms with van der Waals surface area (Å²) in [6.07, 6.45) is 9.17. The van der Waals surface area contributed by atoms with E-state index in [1.807, 2.05) is 0 Å². The van der Waals surface area contributed by atoms with Crippen LogP contribution in [-0.4, -0.2) is 0 Å². The van der Waals surface area contributed by atoms with Gasteiger partial charge in [0.15, 0.2) is 0 Å². The van der Waals surface area contributed by atoms with Gasteiger partial charge in [-0.15, -0.1) is 0 Å². The number of benzene rings is 3. The number of aryl methyl sites for hydroxylation is 2. The molecule has 3 aromatic carbocycles. The van der Waals surface area contributed by atoms with Gasteiger partial charge in [0.2, 0.25) is 0 Å². The van der Waals surface area contributed by atoms with E-state index < -0.39 is 0 Å². The van der Waals surface area contributed by atoms with Crippen LogP contribution in [-0.2, 0) is 12.8 Å². The first-order valence-corrected chi connectivity index (χ1v) is 10.1. The van der Waals surface area contributed by atoms with Gasteiger partial charge in [0, 0.05) is 0 Å². The molecule has 0 atom stereocenters. The first kappa shape index (κ1) is 17.1. The molecule has 0 nitrogen and oxygen atoms in total. The fourth-order valence-electron chi connectivity index (χ4n) is 4.18. The van der Waals surface area contributed by atoms with E-state index in [0.717, 1.165) is 18.8 Å². The Labute approximate surface area is 157 Å². The quantitative estimate of drug-likeness (QED) is 0.461. The molecular weight excluding hydrogens is 312 g/mol. The zero-order chi connectivity index (χ0) is 17.6. The van der Waals surface area contributed by atoms with Crippen LogP contribution in [0, 0.1) is 0 Å². The van der Waals surface area contributed by atoms with Gasteiger partial charge in [0.05, 0.1) is 0 Å². The third-order valence-corrected chi connectivity index (χ3v) is 5.82. The zero-order valence-electron chi connectivity index (χ0n) is 15.5. The van der Waals surface area contributed by atoms with E-state index in [9.17, 15) is 0 Å². The highest BCUT2D eigenvalue weighted by molar-refractivity contribution is 5.64. The fourth-order valence-corrected chi connectivity index (χ4v) is 4.18. The largest absolute Gasteiger partial charge is 0.0622 e. The number of rotatable bonds is 5. The highest BCUT2D eigenvalue weighted by atomic mass is 14.2. The van der Waals surface area contributed by atoms with E-state index in [2.05, 4.69) is 78.9 Å². The van der Waals surface area contributed by atoms with Crippen molar-refractivity contribution in [3.63, 3.8) is 0 Å². The van der Waals surface area contributed by atoms with E-state index in [4.69, 9.17) is 0 Å². The number of hydrogen-bond donors (Lipinski definition) is 0. The van der Waals surface area contributed by atoms with Gasteiger partial charge in [-0.3, -0.25) is 0 Å². The lowest BCUT2D eigenvalue weighted by Gasteiger charge is -2.22. The van der Waals surface area contributed by atoms with Crippen molar-refractivity contribution < 1.29 is 0 Å². The molecule has 0 heterocycles. The molecule has 1 fully saturated rings. The molecule has 1 saturated carbocycles.